The molecule has 0 saturated carbocycles. The Labute approximate surface area is 116 Å². The van der Waals surface area contributed by atoms with Crippen molar-refractivity contribution in [2.24, 2.45) is 5.73 Å². The molecule has 0 aliphatic carbocycles. The molecule has 1 aromatic rings. The molecule has 1 unspecified atom stereocenters. The molecule has 0 fully saturated rings. The van der Waals surface area contributed by atoms with Crippen molar-refractivity contribution < 1.29 is 24.9 Å². The number of carboxylic acids is 1. The highest BCUT2D eigenvalue weighted by Gasteiger charge is 2.16. The van der Waals surface area contributed by atoms with E-state index in [4.69, 9.17) is 21.1 Å². The van der Waals surface area contributed by atoms with Gasteiger partial charge >= 0.3 is 5.97 Å². The van der Waals surface area contributed by atoms with Gasteiger partial charge in [0.1, 0.15) is 5.75 Å². The van der Waals surface area contributed by atoms with E-state index in [1.807, 2.05) is 0 Å². The van der Waals surface area contributed by atoms with Crippen LogP contribution in [0.2, 0.25) is 0 Å². The first-order valence-corrected chi connectivity index (χ1v) is 6.12. The van der Waals surface area contributed by atoms with Gasteiger partial charge in [0.05, 0.1) is 6.04 Å². The number of carbonyl (C=O) groups is 2. The van der Waals surface area contributed by atoms with Crippen LogP contribution in [0.3, 0.4) is 0 Å². The first-order chi connectivity index (χ1) is 9.40. The molecule has 0 radical (unpaired) electrons. The Morgan fingerprint density at radius 1 is 1.25 bits per heavy atom. The molecule has 6 N–H and O–H groups in total. The van der Waals surface area contributed by atoms with Gasteiger partial charge in [-0.15, -0.1) is 0 Å². The van der Waals surface area contributed by atoms with Gasteiger partial charge in [-0.25, -0.2) is 4.79 Å². The van der Waals surface area contributed by atoms with Gasteiger partial charge in [-0.05, 0) is 24.1 Å². The lowest BCUT2D eigenvalue weighted by atomic mass is 10.1. The largest absolute Gasteiger partial charge is 0.508 e. The van der Waals surface area contributed by atoms with E-state index in [2.05, 4.69) is 5.32 Å². The maximum atomic E-state index is 11.7. The number of phenols is 1. The normalized spacial score (nSPS) is 13.5. The molecule has 1 rings (SSSR count). The average molecular weight is 282 g/mol. The van der Waals surface area contributed by atoms with Gasteiger partial charge in [0.2, 0.25) is 5.91 Å². The zero-order chi connectivity index (χ0) is 15.1. The van der Waals surface area contributed by atoms with E-state index >= 15 is 0 Å². The van der Waals surface area contributed by atoms with Crippen LogP contribution in [0.4, 0.5) is 0 Å². The number of carboxylic acid groups (broad SMARTS) is 1. The van der Waals surface area contributed by atoms with Crippen molar-refractivity contribution in [1.29, 1.82) is 0 Å². The standard InChI is InChI=1S/C13H18N2O5/c14-10(7-8-1-3-9(16)4-2-8)12(18)15-6-5-11(17)13(19)20/h1-4,10-11,16-17H,5-7,14H2,(H,15,18)(H,19,20)/t10?,11-/m0/s1. The number of aliphatic hydroxyl groups is 1. The second-order valence-corrected chi connectivity index (χ2v) is 4.41. The van der Waals surface area contributed by atoms with E-state index in [0.29, 0.717) is 6.42 Å². The lowest BCUT2D eigenvalue weighted by Crippen LogP contribution is -2.43. The van der Waals surface area contributed by atoms with Gasteiger partial charge in [-0.2, -0.15) is 0 Å². The molecule has 2 atom stereocenters. The summed E-state index contributed by atoms with van der Waals surface area (Å²) < 4.78 is 0. The van der Waals surface area contributed by atoms with E-state index in [-0.39, 0.29) is 18.7 Å². The Morgan fingerprint density at radius 2 is 1.85 bits per heavy atom. The van der Waals surface area contributed by atoms with Gasteiger partial charge in [0.15, 0.2) is 6.10 Å². The topological polar surface area (TPSA) is 133 Å². The number of aromatic hydroxyl groups is 1. The molecule has 0 aromatic heterocycles. The molecule has 7 nitrogen and oxygen atoms in total. The number of amides is 1. The number of aliphatic carboxylic acids is 1. The number of carbonyl (C=O) groups excluding carboxylic acids is 1. The van der Waals surface area contributed by atoms with Crippen LogP contribution in [-0.4, -0.2) is 45.9 Å². The predicted octanol–water partition coefficient (Wildman–Crippen LogP) is -0.786. The van der Waals surface area contributed by atoms with Gasteiger partial charge in [0.25, 0.3) is 0 Å². The Morgan fingerprint density at radius 3 is 2.40 bits per heavy atom. The fraction of sp³-hybridized carbons (Fsp3) is 0.385. The van der Waals surface area contributed by atoms with E-state index < -0.39 is 24.0 Å². The fourth-order valence-electron chi connectivity index (χ4n) is 1.57. The summed E-state index contributed by atoms with van der Waals surface area (Å²) in [5, 5.41) is 29.1. The molecule has 0 aliphatic heterocycles. The molecule has 1 amide bonds. The highest BCUT2D eigenvalue weighted by atomic mass is 16.4. The maximum absolute atomic E-state index is 11.7. The van der Waals surface area contributed by atoms with Crippen LogP contribution in [0, 0.1) is 0 Å². The third-order valence-electron chi connectivity index (χ3n) is 2.73. The summed E-state index contributed by atoms with van der Waals surface area (Å²) in [5.74, 6) is -1.61. The third-order valence-corrected chi connectivity index (χ3v) is 2.73. The van der Waals surface area contributed by atoms with Gasteiger partial charge in [-0.1, -0.05) is 12.1 Å². The molecule has 0 saturated heterocycles. The molecule has 20 heavy (non-hydrogen) atoms. The number of hydrogen-bond acceptors (Lipinski definition) is 5. The van der Waals surface area contributed by atoms with Crippen LogP contribution in [0.25, 0.3) is 0 Å². The Kier molecular flexibility index (Phi) is 5.95. The average Bonchev–Trinajstić information content (AvgIpc) is 2.40. The zero-order valence-electron chi connectivity index (χ0n) is 10.8. The summed E-state index contributed by atoms with van der Waals surface area (Å²) in [5.41, 5.74) is 6.51. The minimum atomic E-state index is -1.50. The number of nitrogens with one attached hydrogen (secondary N) is 1. The van der Waals surface area contributed by atoms with Crippen molar-refractivity contribution in [3.8, 4) is 5.75 Å². The lowest BCUT2D eigenvalue weighted by Gasteiger charge is -2.13. The zero-order valence-corrected chi connectivity index (χ0v) is 10.8. The molecule has 0 heterocycles. The minimum absolute atomic E-state index is 0.0373. The van der Waals surface area contributed by atoms with Crippen LogP contribution in [0.1, 0.15) is 12.0 Å². The molecule has 0 bridgehead atoms. The molecular weight excluding hydrogens is 264 g/mol. The first kappa shape index (κ1) is 15.9. The van der Waals surface area contributed by atoms with Crippen molar-refractivity contribution in [3.63, 3.8) is 0 Å². The maximum Gasteiger partial charge on any atom is 0.332 e. The Bertz CT molecular complexity index is 460. The summed E-state index contributed by atoms with van der Waals surface area (Å²) >= 11 is 0. The molecule has 0 aliphatic rings. The van der Waals surface area contributed by atoms with Crippen LogP contribution in [0.5, 0.6) is 5.75 Å². The number of rotatable bonds is 7. The second-order valence-electron chi connectivity index (χ2n) is 4.41. The predicted molar refractivity (Wildman–Crippen MR) is 71.1 cm³/mol. The van der Waals surface area contributed by atoms with E-state index in [1.54, 1.807) is 12.1 Å². The van der Waals surface area contributed by atoms with Crippen LogP contribution in [0.15, 0.2) is 24.3 Å². The smallest absolute Gasteiger partial charge is 0.332 e. The summed E-state index contributed by atoms with van der Waals surface area (Å²) in [6, 6.07) is 5.56. The van der Waals surface area contributed by atoms with Crippen LogP contribution in [-0.2, 0) is 16.0 Å². The quantitative estimate of drug-likeness (QED) is 0.445. The summed E-state index contributed by atoms with van der Waals surface area (Å²) in [7, 11) is 0. The first-order valence-electron chi connectivity index (χ1n) is 6.12. The minimum Gasteiger partial charge on any atom is -0.508 e. The van der Waals surface area contributed by atoms with Crippen molar-refractivity contribution in [2.75, 3.05) is 6.54 Å². The highest BCUT2D eigenvalue weighted by molar-refractivity contribution is 5.81. The Hall–Kier alpha value is -2.12. The molecule has 110 valence electrons. The summed E-state index contributed by atoms with van der Waals surface area (Å²) in [4.78, 5) is 22.0. The number of nitrogens with two attached hydrogens (primary N) is 1. The molecule has 0 spiro atoms. The van der Waals surface area contributed by atoms with Gasteiger partial charge in [-0.3, -0.25) is 4.79 Å². The lowest BCUT2D eigenvalue weighted by molar-refractivity contribution is -0.147. The Balaban J connectivity index is 2.35. The molecule has 1 aromatic carbocycles. The second kappa shape index (κ2) is 7.46. The molecular formula is C13H18N2O5. The monoisotopic (exact) mass is 282 g/mol. The molecule has 7 heteroatoms. The number of phenolic OH excluding ortho intramolecular Hbond substituents is 1. The number of aliphatic hydroxyl groups excluding tert-OH is 1. The number of hydrogen-bond donors (Lipinski definition) is 5. The van der Waals surface area contributed by atoms with Crippen LogP contribution < -0.4 is 11.1 Å². The summed E-state index contributed by atoms with van der Waals surface area (Å²) in [6.45, 7) is 0.0373. The highest BCUT2D eigenvalue weighted by Crippen LogP contribution is 2.10. The number of benzene rings is 1. The van der Waals surface area contributed by atoms with Crippen molar-refractivity contribution in [2.45, 2.75) is 25.0 Å². The SMILES string of the molecule is NC(Cc1ccc(O)cc1)C(=O)NCC[C@H](O)C(=O)O. The summed E-state index contributed by atoms with van der Waals surface area (Å²) in [6.07, 6.45) is -1.27. The van der Waals surface area contributed by atoms with Gasteiger partial charge < -0.3 is 26.4 Å². The fourth-order valence-corrected chi connectivity index (χ4v) is 1.57. The third kappa shape index (κ3) is 5.25. The van der Waals surface area contributed by atoms with Crippen molar-refractivity contribution in [3.05, 3.63) is 29.8 Å². The van der Waals surface area contributed by atoms with E-state index in [0.717, 1.165) is 5.56 Å². The van der Waals surface area contributed by atoms with Crippen molar-refractivity contribution >= 4 is 11.9 Å². The van der Waals surface area contributed by atoms with E-state index in [9.17, 15) is 9.59 Å². The van der Waals surface area contributed by atoms with Gasteiger partial charge in [0, 0.05) is 13.0 Å². The van der Waals surface area contributed by atoms with Crippen molar-refractivity contribution in [1.82, 2.24) is 5.32 Å². The van der Waals surface area contributed by atoms with E-state index in [1.165, 1.54) is 12.1 Å². The van der Waals surface area contributed by atoms with Crippen LogP contribution >= 0.6 is 0 Å².